The largest absolute Gasteiger partial charge is 0.385 e. The topological polar surface area (TPSA) is 38.3 Å². The van der Waals surface area contributed by atoms with E-state index in [1.165, 1.54) is 18.2 Å². The van der Waals surface area contributed by atoms with Crippen molar-refractivity contribution in [3.05, 3.63) is 34.1 Å². The highest BCUT2D eigenvalue weighted by Crippen LogP contribution is 2.16. The van der Waals surface area contributed by atoms with Gasteiger partial charge in [-0.05, 0) is 47.0 Å². The van der Waals surface area contributed by atoms with E-state index in [4.69, 9.17) is 4.74 Å². The molecule has 1 N–H and O–H groups in total. The smallest absolute Gasteiger partial charge is 0.251 e. The molecule has 1 aromatic carbocycles. The standard InChI is InChI=1S/C12H15BrFNO2/c1-17-7-3-2-6-15-12(16)9-4-5-11(14)10(13)8-9/h4-5,8H,2-3,6-7H2,1H3,(H,15,16). The normalized spacial score (nSPS) is 10.3. The summed E-state index contributed by atoms with van der Waals surface area (Å²) in [5.74, 6) is -0.565. The quantitative estimate of drug-likeness (QED) is 0.821. The molecule has 0 bridgehead atoms. The molecule has 1 aromatic rings. The number of hydrogen-bond donors (Lipinski definition) is 1. The number of halogens is 2. The van der Waals surface area contributed by atoms with Crippen LogP contribution < -0.4 is 5.32 Å². The number of hydrogen-bond acceptors (Lipinski definition) is 2. The van der Waals surface area contributed by atoms with E-state index in [1.54, 1.807) is 7.11 Å². The summed E-state index contributed by atoms with van der Waals surface area (Å²) in [5.41, 5.74) is 0.449. The van der Waals surface area contributed by atoms with Crippen molar-refractivity contribution in [2.24, 2.45) is 0 Å². The van der Waals surface area contributed by atoms with Crippen LogP contribution in [0.15, 0.2) is 22.7 Å². The average Bonchev–Trinajstić information content (AvgIpc) is 2.32. The maximum absolute atomic E-state index is 13.0. The molecular weight excluding hydrogens is 289 g/mol. The second kappa shape index (κ2) is 7.40. The van der Waals surface area contributed by atoms with E-state index < -0.39 is 0 Å². The number of benzene rings is 1. The number of carbonyl (C=O) groups excluding carboxylic acids is 1. The fourth-order valence-electron chi connectivity index (χ4n) is 1.31. The molecule has 5 heteroatoms. The summed E-state index contributed by atoms with van der Waals surface area (Å²) < 4.78 is 18.2. The molecule has 0 spiro atoms. The Morgan fingerprint density at radius 3 is 2.88 bits per heavy atom. The first-order valence-corrected chi connectivity index (χ1v) is 6.16. The predicted octanol–water partition coefficient (Wildman–Crippen LogP) is 2.74. The molecule has 0 saturated heterocycles. The van der Waals surface area contributed by atoms with Crippen LogP contribution in [-0.2, 0) is 4.74 Å². The molecule has 0 unspecified atom stereocenters. The maximum atomic E-state index is 13.0. The van der Waals surface area contributed by atoms with Gasteiger partial charge >= 0.3 is 0 Å². The third-order valence-corrected chi connectivity index (χ3v) is 2.85. The van der Waals surface area contributed by atoms with Crippen LogP contribution in [0.1, 0.15) is 23.2 Å². The van der Waals surface area contributed by atoms with Crippen molar-refractivity contribution in [2.75, 3.05) is 20.3 Å². The van der Waals surface area contributed by atoms with Gasteiger partial charge in [-0.25, -0.2) is 4.39 Å². The zero-order valence-corrected chi connectivity index (χ0v) is 11.2. The molecule has 17 heavy (non-hydrogen) atoms. The van der Waals surface area contributed by atoms with Gasteiger partial charge in [0.1, 0.15) is 5.82 Å². The Kier molecular flexibility index (Phi) is 6.15. The van der Waals surface area contributed by atoms with Crippen LogP contribution in [0.4, 0.5) is 4.39 Å². The zero-order chi connectivity index (χ0) is 12.7. The summed E-state index contributed by atoms with van der Waals surface area (Å²) in [6.07, 6.45) is 1.77. The first-order chi connectivity index (χ1) is 8.15. The van der Waals surface area contributed by atoms with Crippen LogP contribution in [0.2, 0.25) is 0 Å². The number of unbranched alkanes of at least 4 members (excludes halogenated alkanes) is 1. The molecule has 0 aliphatic carbocycles. The highest BCUT2D eigenvalue weighted by molar-refractivity contribution is 9.10. The average molecular weight is 304 g/mol. The van der Waals surface area contributed by atoms with Crippen LogP contribution >= 0.6 is 15.9 Å². The second-order valence-corrected chi connectivity index (χ2v) is 4.44. The lowest BCUT2D eigenvalue weighted by Gasteiger charge is -2.05. The summed E-state index contributed by atoms with van der Waals surface area (Å²) in [7, 11) is 1.65. The number of amides is 1. The molecule has 0 heterocycles. The Labute approximate surface area is 108 Å². The number of methoxy groups -OCH3 is 1. The molecular formula is C12H15BrFNO2. The van der Waals surface area contributed by atoms with Crippen molar-refractivity contribution >= 4 is 21.8 Å². The van der Waals surface area contributed by atoms with E-state index in [9.17, 15) is 9.18 Å². The lowest BCUT2D eigenvalue weighted by atomic mass is 10.2. The Balaban J connectivity index is 2.39. The van der Waals surface area contributed by atoms with E-state index in [1.807, 2.05) is 0 Å². The van der Waals surface area contributed by atoms with Crippen molar-refractivity contribution in [3.8, 4) is 0 Å². The molecule has 94 valence electrons. The van der Waals surface area contributed by atoms with Crippen molar-refractivity contribution in [3.63, 3.8) is 0 Å². The highest BCUT2D eigenvalue weighted by Gasteiger charge is 2.07. The van der Waals surface area contributed by atoms with E-state index in [0.717, 1.165) is 12.8 Å². The number of ether oxygens (including phenoxy) is 1. The SMILES string of the molecule is COCCCCNC(=O)c1ccc(F)c(Br)c1. The summed E-state index contributed by atoms with van der Waals surface area (Å²) in [6, 6.07) is 4.20. The molecule has 0 atom stereocenters. The van der Waals surface area contributed by atoms with E-state index in [0.29, 0.717) is 23.2 Å². The molecule has 3 nitrogen and oxygen atoms in total. The van der Waals surface area contributed by atoms with Crippen molar-refractivity contribution in [1.29, 1.82) is 0 Å². The maximum Gasteiger partial charge on any atom is 0.251 e. The molecule has 0 aliphatic rings. The summed E-state index contributed by atoms with van der Waals surface area (Å²) in [6.45, 7) is 1.29. The third-order valence-electron chi connectivity index (χ3n) is 2.24. The Bertz CT molecular complexity index is 385. The van der Waals surface area contributed by atoms with Gasteiger partial charge in [-0.1, -0.05) is 0 Å². The lowest BCUT2D eigenvalue weighted by molar-refractivity contribution is 0.0951. The van der Waals surface area contributed by atoms with E-state index >= 15 is 0 Å². The summed E-state index contributed by atoms with van der Waals surface area (Å²) in [5, 5.41) is 2.77. The van der Waals surface area contributed by atoms with Crippen LogP contribution in [0.25, 0.3) is 0 Å². The van der Waals surface area contributed by atoms with E-state index in [-0.39, 0.29) is 11.7 Å². The molecule has 1 rings (SSSR count). The summed E-state index contributed by atoms with van der Waals surface area (Å²) >= 11 is 3.05. The number of carbonyl (C=O) groups is 1. The lowest BCUT2D eigenvalue weighted by Crippen LogP contribution is -2.24. The third kappa shape index (κ3) is 4.83. The van der Waals surface area contributed by atoms with Gasteiger partial charge < -0.3 is 10.1 Å². The van der Waals surface area contributed by atoms with Crippen molar-refractivity contribution in [2.45, 2.75) is 12.8 Å². The Hall–Kier alpha value is -0.940. The number of rotatable bonds is 6. The van der Waals surface area contributed by atoms with Gasteiger partial charge in [-0.3, -0.25) is 4.79 Å². The first kappa shape index (κ1) is 14.1. The zero-order valence-electron chi connectivity index (χ0n) is 9.63. The Morgan fingerprint density at radius 1 is 1.47 bits per heavy atom. The van der Waals surface area contributed by atoms with Gasteiger partial charge in [-0.15, -0.1) is 0 Å². The molecule has 0 aliphatic heterocycles. The van der Waals surface area contributed by atoms with Gasteiger partial charge in [0.25, 0.3) is 5.91 Å². The van der Waals surface area contributed by atoms with Crippen LogP contribution in [0, 0.1) is 5.82 Å². The molecule has 0 saturated carbocycles. The van der Waals surface area contributed by atoms with Crippen molar-refractivity contribution < 1.29 is 13.9 Å². The minimum Gasteiger partial charge on any atom is -0.385 e. The molecule has 0 radical (unpaired) electrons. The monoisotopic (exact) mass is 303 g/mol. The molecule has 1 amide bonds. The van der Waals surface area contributed by atoms with Gasteiger partial charge in [0.2, 0.25) is 0 Å². The molecule has 0 aromatic heterocycles. The van der Waals surface area contributed by atoms with Crippen LogP contribution in [0.3, 0.4) is 0 Å². The predicted molar refractivity (Wildman–Crippen MR) is 67.5 cm³/mol. The first-order valence-electron chi connectivity index (χ1n) is 5.37. The van der Waals surface area contributed by atoms with Crippen LogP contribution in [-0.4, -0.2) is 26.2 Å². The highest BCUT2D eigenvalue weighted by atomic mass is 79.9. The number of nitrogens with one attached hydrogen (secondary N) is 1. The van der Waals surface area contributed by atoms with Gasteiger partial charge in [0, 0.05) is 25.8 Å². The van der Waals surface area contributed by atoms with Gasteiger partial charge in [0.05, 0.1) is 4.47 Å². The molecule has 0 fully saturated rings. The fraction of sp³-hybridized carbons (Fsp3) is 0.417. The van der Waals surface area contributed by atoms with Gasteiger partial charge in [-0.2, -0.15) is 0 Å². The van der Waals surface area contributed by atoms with E-state index in [2.05, 4.69) is 21.2 Å². The second-order valence-electron chi connectivity index (χ2n) is 3.58. The Morgan fingerprint density at radius 2 is 2.24 bits per heavy atom. The minimum atomic E-state index is -0.373. The summed E-state index contributed by atoms with van der Waals surface area (Å²) in [4.78, 5) is 11.7. The van der Waals surface area contributed by atoms with Crippen LogP contribution in [0.5, 0.6) is 0 Å². The minimum absolute atomic E-state index is 0.192. The fourth-order valence-corrected chi connectivity index (χ4v) is 1.69. The van der Waals surface area contributed by atoms with Crippen molar-refractivity contribution in [1.82, 2.24) is 5.32 Å². The van der Waals surface area contributed by atoms with Gasteiger partial charge in [0.15, 0.2) is 0 Å².